The monoisotopic (exact) mass is 493 g/mol. The fourth-order valence-electron chi connectivity index (χ4n) is 4.36. The van der Waals surface area contributed by atoms with Crippen molar-refractivity contribution in [3.8, 4) is 11.3 Å². The molecule has 1 saturated heterocycles. The number of fused-ring (bicyclic) bond motifs is 1. The van der Waals surface area contributed by atoms with Gasteiger partial charge in [-0.3, -0.25) is 4.79 Å². The van der Waals surface area contributed by atoms with E-state index in [4.69, 9.17) is 9.26 Å². The topological polar surface area (TPSA) is 102 Å². The van der Waals surface area contributed by atoms with Gasteiger partial charge in [0.05, 0.1) is 30.6 Å². The molecule has 0 spiro atoms. The van der Waals surface area contributed by atoms with Gasteiger partial charge in [-0.1, -0.05) is 11.2 Å². The number of carbonyl (C=O) groups excluding carboxylic acids is 1. The first-order chi connectivity index (χ1) is 17.2. The number of nitrogens with zero attached hydrogens (tertiary/aromatic N) is 7. The van der Waals surface area contributed by atoms with Gasteiger partial charge >= 0.3 is 11.8 Å². The van der Waals surface area contributed by atoms with Crippen LogP contribution in [-0.2, 0) is 11.3 Å². The highest BCUT2D eigenvalue weighted by Gasteiger charge is 2.31. The number of amides is 1. The summed E-state index contributed by atoms with van der Waals surface area (Å²) in [5.41, 5.74) is 3.15. The van der Waals surface area contributed by atoms with Gasteiger partial charge in [0, 0.05) is 30.7 Å². The molecule has 11 heteroatoms. The van der Waals surface area contributed by atoms with Crippen molar-refractivity contribution < 1.29 is 18.4 Å². The summed E-state index contributed by atoms with van der Waals surface area (Å²) in [6.45, 7) is 10.5. The first-order valence-corrected chi connectivity index (χ1v) is 11.8. The summed E-state index contributed by atoms with van der Waals surface area (Å²) in [5, 5.41) is 7.85. The van der Waals surface area contributed by atoms with Crippen molar-refractivity contribution in [2.24, 2.45) is 0 Å². The second-order valence-electron chi connectivity index (χ2n) is 9.76. The van der Waals surface area contributed by atoms with Crippen LogP contribution < -0.4 is 4.90 Å². The molecule has 188 valence electrons. The summed E-state index contributed by atoms with van der Waals surface area (Å²) >= 11 is 0. The van der Waals surface area contributed by atoms with Crippen molar-refractivity contribution in [3.63, 3.8) is 0 Å². The van der Waals surface area contributed by atoms with E-state index in [1.54, 1.807) is 22.4 Å². The van der Waals surface area contributed by atoms with E-state index in [1.165, 1.54) is 12.7 Å². The maximum absolute atomic E-state index is 15.8. The van der Waals surface area contributed by atoms with Crippen LogP contribution in [0.4, 0.5) is 10.1 Å². The van der Waals surface area contributed by atoms with Gasteiger partial charge in [0.15, 0.2) is 6.33 Å². The van der Waals surface area contributed by atoms with E-state index in [1.807, 2.05) is 39.1 Å². The number of hydrogen-bond donors (Lipinski definition) is 0. The Kier molecular flexibility index (Phi) is 6.17. The minimum absolute atomic E-state index is 0.104. The van der Waals surface area contributed by atoms with E-state index >= 15 is 4.39 Å². The van der Waals surface area contributed by atoms with Crippen molar-refractivity contribution >= 4 is 17.1 Å². The summed E-state index contributed by atoms with van der Waals surface area (Å²) in [5.74, 6) is -0.904. The summed E-state index contributed by atoms with van der Waals surface area (Å²) in [6.07, 6.45) is 4.54. The lowest BCUT2D eigenvalue weighted by Crippen LogP contribution is -2.45. The maximum Gasteiger partial charge on any atom is 0.315 e. The second kappa shape index (κ2) is 9.30. The van der Waals surface area contributed by atoms with Crippen molar-refractivity contribution in [1.82, 2.24) is 29.6 Å². The lowest BCUT2D eigenvalue weighted by atomic mass is 9.98. The number of benzene rings is 1. The number of rotatable bonds is 5. The molecule has 10 nitrogen and oxygen atoms in total. The molecule has 0 radical (unpaired) electrons. The normalized spacial score (nSPS) is 14.4. The molecule has 4 heterocycles. The molecule has 0 saturated carbocycles. The van der Waals surface area contributed by atoms with Crippen molar-refractivity contribution in [2.45, 2.75) is 39.8 Å². The van der Waals surface area contributed by atoms with Gasteiger partial charge in [-0.25, -0.2) is 13.9 Å². The van der Waals surface area contributed by atoms with Gasteiger partial charge in [0.25, 0.3) is 0 Å². The fourth-order valence-corrected chi connectivity index (χ4v) is 4.36. The SMILES string of the molecule is Cc1c(CN(C(=O)c2ncno2)C(C)(C)C)ccc(-c2ncnn3cc(N4CCOCC4)cc23)c1F. The maximum atomic E-state index is 15.8. The molecular formula is C25H28FN7O3. The van der Waals surface area contributed by atoms with Crippen LogP contribution in [0.1, 0.15) is 42.6 Å². The molecule has 1 aromatic carbocycles. The van der Waals surface area contributed by atoms with Crippen LogP contribution >= 0.6 is 0 Å². The molecule has 1 amide bonds. The van der Waals surface area contributed by atoms with E-state index < -0.39 is 11.4 Å². The molecule has 1 aliphatic heterocycles. The Labute approximate surface area is 207 Å². The van der Waals surface area contributed by atoms with Gasteiger partial charge in [-0.15, -0.1) is 0 Å². The average molecular weight is 494 g/mol. The molecule has 0 atom stereocenters. The zero-order chi connectivity index (χ0) is 25.4. The van der Waals surface area contributed by atoms with Crippen LogP contribution in [0, 0.1) is 12.7 Å². The van der Waals surface area contributed by atoms with E-state index in [2.05, 4.69) is 25.1 Å². The van der Waals surface area contributed by atoms with Gasteiger partial charge < -0.3 is 19.1 Å². The van der Waals surface area contributed by atoms with Crippen molar-refractivity contribution in [3.05, 3.63) is 59.9 Å². The third-order valence-electron chi connectivity index (χ3n) is 6.45. The van der Waals surface area contributed by atoms with Crippen LogP contribution in [0.15, 0.2) is 41.6 Å². The zero-order valence-corrected chi connectivity index (χ0v) is 20.7. The van der Waals surface area contributed by atoms with Crippen LogP contribution in [0.5, 0.6) is 0 Å². The predicted molar refractivity (Wildman–Crippen MR) is 130 cm³/mol. The highest BCUT2D eigenvalue weighted by atomic mass is 19.1. The van der Waals surface area contributed by atoms with E-state index in [0.29, 0.717) is 41.1 Å². The number of aromatic nitrogens is 5. The van der Waals surface area contributed by atoms with E-state index in [0.717, 1.165) is 18.8 Å². The Bertz CT molecular complexity index is 1390. The Morgan fingerprint density at radius 1 is 1.17 bits per heavy atom. The highest BCUT2D eigenvalue weighted by Crippen LogP contribution is 2.32. The first-order valence-electron chi connectivity index (χ1n) is 11.8. The molecule has 4 aromatic rings. The highest BCUT2D eigenvalue weighted by molar-refractivity contribution is 5.90. The zero-order valence-electron chi connectivity index (χ0n) is 20.7. The number of anilines is 1. The van der Waals surface area contributed by atoms with Gasteiger partial charge in [0.2, 0.25) is 0 Å². The molecule has 1 fully saturated rings. The van der Waals surface area contributed by atoms with E-state index in [-0.39, 0.29) is 18.3 Å². The predicted octanol–water partition coefficient (Wildman–Crippen LogP) is 3.50. The Morgan fingerprint density at radius 2 is 1.94 bits per heavy atom. The Morgan fingerprint density at radius 3 is 2.64 bits per heavy atom. The minimum atomic E-state index is -0.562. The molecule has 0 unspecified atom stereocenters. The summed E-state index contributed by atoms with van der Waals surface area (Å²) in [7, 11) is 0. The van der Waals surface area contributed by atoms with Crippen molar-refractivity contribution in [1.29, 1.82) is 0 Å². The number of carbonyl (C=O) groups is 1. The molecule has 36 heavy (non-hydrogen) atoms. The Balaban J connectivity index is 1.49. The molecule has 1 aliphatic rings. The van der Waals surface area contributed by atoms with Gasteiger partial charge in [-0.2, -0.15) is 10.1 Å². The molecule has 5 rings (SSSR count). The third kappa shape index (κ3) is 4.41. The number of halogens is 1. The third-order valence-corrected chi connectivity index (χ3v) is 6.45. The molecular weight excluding hydrogens is 465 g/mol. The van der Waals surface area contributed by atoms with E-state index in [9.17, 15) is 4.79 Å². The molecule has 0 aliphatic carbocycles. The van der Waals surface area contributed by atoms with Gasteiger partial charge in [-0.05, 0) is 51.0 Å². The standard InChI is InChI=1S/C25H28FN7O3/c1-16-17(12-32(25(2,3)4)24(34)23-28-15-30-36-23)5-6-19(21(16)26)22-20-11-18(13-33(20)29-14-27-22)31-7-9-35-10-8-31/h5-6,11,13-15H,7-10,12H2,1-4H3. The summed E-state index contributed by atoms with van der Waals surface area (Å²) in [4.78, 5) is 25.1. The number of ether oxygens (including phenoxy) is 1. The quantitative estimate of drug-likeness (QED) is 0.416. The molecule has 0 N–H and O–H groups in total. The van der Waals surface area contributed by atoms with Crippen LogP contribution in [0.25, 0.3) is 16.8 Å². The number of hydrogen-bond acceptors (Lipinski definition) is 8. The number of morpholine rings is 1. The molecule has 3 aromatic heterocycles. The average Bonchev–Trinajstić information content (AvgIpc) is 3.55. The van der Waals surface area contributed by atoms with Gasteiger partial charge in [0.1, 0.15) is 17.8 Å². The lowest BCUT2D eigenvalue weighted by Gasteiger charge is -2.35. The van der Waals surface area contributed by atoms with Crippen molar-refractivity contribution in [2.75, 3.05) is 31.2 Å². The minimum Gasteiger partial charge on any atom is -0.378 e. The van der Waals surface area contributed by atoms with Crippen LogP contribution in [-0.4, -0.2) is 67.4 Å². The lowest BCUT2D eigenvalue weighted by molar-refractivity contribution is 0.0507. The summed E-state index contributed by atoms with van der Waals surface area (Å²) < 4.78 is 28.0. The Hall–Kier alpha value is -3.86. The smallest absolute Gasteiger partial charge is 0.315 e. The second-order valence-corrected chi connectivity index (χ2v) is 9.76. The van der Waals surface area contributed by atoms with Crippen LogP contribution in [0.3, 0.4) is 0 Å². The largest absolute Gasteiger partial charge is 0.378 e. The fraction of sp³-hybridized carbons (Fsp3) is 0.400. The molecule has 0 bridgehead atoms. The summed E-state index contributed by atoms with van der Waals surface area (Å²) in [6, 6.07) is 5.52. The first kappa shape index (κ1) is 23.9. The van der Waals surface area contributed by atoms with Crippen LogP contribution in [0.2, 0.25) is 0 Å².